The quantitative estimate of drug-likeness (QED) is 0.538. The van der Waals surface area contributed by atoms with Crippen LogP contribution in [0.3, 0.4) is 0 Å². The number of hydrogen-bond acceptors (Lipinski definition) is 4. The number of rotatable bonds is 6. The predicted molar refractivity (Wildman–Crippen MR) is 106 cm³/mol. The first-order chi connectivity index (χ1) is 13.2. The molecule has 2 heterocycles. The van der Waals surface area contributed by atoms with E-state index in [9.17, 15) is 9.18 Å². The van der Waals surface area contributed by atoms with Crippen LogP contribution in [0.1, 0.15) is 25.7 Å². The number of nitrogens with zero attached hydrogens (tertiary/aromatic N) is 1. The highest BCUT2D eigenvalue weighted by Gasteiger charge is 2.22. The monoisotopic (exact) mass is 369 g/mol. The first-order valence-electron chi connectivity index (χ1n) is 9.47. The van der Waals surface area contributed by atoms with Gasteiger partial charge in [-0.2, -0.15) is 0 Å². The molecular weight excluding hydrogens is 345 g/mol. The molecule has 0 unspecified atom stereocenters. The minimum absolute atomic E-state index is 0.169. The van der Waals surface area contributed by atoms with Crippen molar-refractivity contribution in [1.29, 1.82) is 0 Å². The maximum absolute atomic E-state index is 12.5. The molecule has 1 saturated carbocycles. The maximum Gasteiger partial charge on any atom is 0.261 e. The Kier molecular flexibility index (Phi) is 5.20. The van der Waals surface area contributed by atoms with Crippen LogP contribution < -0.4 is 16.2 Å². The number of fused-ring (bicyclic) bond motifs is 1. The number of pyridine rings is 1. The molecule has 6 nitrogen and oxygen atoms in total. The van der Waals surface area contributed by atoms with Crippen LogP contribution in [0.5, 0.6) is 0 Å². The molecule has 7 heteroatoms. The number of nitrogens with one attached hydrogen (secondary N) is 4. The van der Waals surface area contributed by atoms with Gasteiger partial charge in [-0.3, -0.25) is 4.79 Å². The molecule has 2 aromatic heterocycles. The van der Waals surface area contributed by atoms with E-state index < -0.39 is 0 Å². The van der Waals surface area contributed by atoms with Gasteiger partial charge in [0, 0.05) is 24.8 Å². The van der Waals surface area contributed by atoms with Crippen LogP contribution in [-0.4, -0.2) is 40.3 Å². The lowest BCUT2D eigenvalue weighted by Gasteiger charge is -2.30. The summed E-state index contributed by atoms with van der Waals surface area (Å²) in [5, 5.41) is 6.77. The van der Waals surface area contributed by atoms with Crippen LogP contribution in [0.25, 0.3) is 22.4 Å². The van der Waals surface area contributed by atoms with Gasteiger partial charge in [0.25, 0.3) is 5.56 Å². The van der Waals surface area contributed by atoms with E-state index in [1.54, 1.807) is 6.20 Å². The summed E-state index contributed by atoms with van der Waals surface area (Å²) in [4.78, 5) is 23.1. The SMILES string of the molecule is O=c1[nH]ccc(NC2CCC(NCCF)CC2)c1-c1nc2ccccc2[nH]1. The fraction of sp³-hybridized carbons (Fsp3) is 0.400. The van der Waals surface area contributed by atoms with Crippen LogP contribution in [0, 0.1) is 0 Å². The van der Waals surface area contributed by atoms with Crippen LogP contribution in [-0.2, 0) is 0 Å². The Morgan fingerprint density at radius 2 is 1.89 bits per heavy atom. The Bertz CT molecular complexity index is 925. The Labute approximate surface area is 156 Å². The van der Waals surface area contributed by atoms with Crippen LogP contribution in [0.2, 0.25) is 0 Å². The summed E-state index contributed by atoms with van der Waals surface area (Å²) in [6.07, 6.45) is 5.62. The molecule has 1 aliphatic carbocycles. The number of halogens is 1. The zero-order valence-corrected chi connectivity index (χ0v) is 15.1. The topological polar surface area (TPSA) is 85.6 Å². The third-order valence-electron chi connectivity index (χ3n) is 5.20. The van der Waals surface area contributed by atoms with Crippen molar-refractivity contribution < 1.29 is 4.39 Å². The van der Waals surface area contributed by atoms with Gasteiger partial charge in [-0.1, -0.05) is 12.1 Å². The van der Waals surface area contributed by atoms with Gasteiger partial charge in [0.1, 0.15) is 18.1 Å². The van der Waals surface area contributed by atoms with E-state index in [0.29, 0.717) is 30.0 Å². The van der Waals surface area contributed by atoms with Gasteiger partial charge in [0.05, 0.1) is 16.7 Å². The molecule has 0 amide bonds. The Hall–Kier alpha value is -2.67. The van der Waals surface area contributed by atoms with E-state index in [0.717, 1.165) is 42.4 Å². The van der Waals surface area contributed by atoms with Crippen molar-refractivity contribution in [1.82, 2.24) is 20.3 Å². The van der Waals surface area contributed by atoms with Crippen molar-refractivity contribution in [3.63, 3.8) is 0 Å². The number of para-hydroxylation sites is 2. The number of H-pyrrole nitrogens is 2. The van der Waals surface area contributed by atoms with Gasteiger partial charge in [0.15, 0.2) is 0 Å². The zero-order chi connectivity index (χ0) is 18.6. The van der Waals surface area contributed by atoms with Crippen molar-refractivity contribution >= 4 is 16.7 Å². The number of aromatic amines is 2. The van der Waals surface area contributed by atoms with Crippen molar-refractivity contribution in [2.24, 2.45) is 0 Å². The molecule has 0 spiro atoms. The van der Waals surface area contributed by atoms with Crippen molar-refractivity contribution in [3.8, 4) is 11.4 Å². The van der Waals surface area contributed by atoms with Gasteiger partial charge in [0.2, 0.25) is 0 Å². The predicted octanol–water partition coefficient (Wildman–Crippen LogP) is 3.20. The van der Waals surface area contributed by atoms with Gasteiger partial charge in [-0.05, 0) is 43.9 Å². The molecule has 4 rings (SSSR count). The second-order valence-corrected chi connectivity index (χ2v) is 7.03. The van der Waals surface area contributed by atoms with E-state index >= 15 is 0 Å². The lowest BCUT2D eigenvalue weighted by molar-refractivity contribution is 0.339. The molecule has 1 fully saturated rings. The molecule has 0 radical (unpaired) electrons. The Morgan fingerprint density at radius 1 is 1.11 bits per heavy atom. The molecule has 27 heavy (non-hydrogen) atoms. The third-order valence-corrected chi connectivity index (χ3v) is 5.20. The molecule has 0 saturated heterocycles. The summed E-state index contributed by atoms with van der Waals surface area (Å²) in [6.45, 7) is 0.0961. The highest BCUT2D eigenvalue weighted by atomic mass is 19.1. The summed E-state index contributed by atoms with van der Waals surface area (Å²) in [7, 11) is 0. The van der Waals surface area contributed by atoms with E-state index in [-0.39, 0.29) is 12.2 Å². The van der Waals surface area contributed by atoms with Crippen LogP contribution >= 0.6 is 0 Å². The minimum atomic E-state index is -0.328. The van der Waals surface area contributed by atoms with Crippen LogP contribution in [0.15, 0.2) is 41.3 Å². The largest absolute Gasteiger partial charge is 0.382 e. The number of anilines is 1. The summed E-state index contributed by atoms with van der Waals surface area (Å²) in [5.41, 5.74) is 2.89. The van der Waals surface area contributed by atoms with Crippen molar-refractivity contribution in [3.05, 3.63) is 46.9 Å². The lowest BCUT2D eigenvalue weighted by atomic mass is 9.91. The molecule has 4 N–H and O–H groups in total. The first kappa shape index (κ1) is 17.7. The molecule has 1 aromatic carbocycles. The molecule has 0 bridgehead atoms. The maximum atomic E-state index is 12.5. The normalized spacial score (nSPS) is 20.0. The number of alkyl halides is 1. The van der Waals surface area contributed by atoms with Gasteiger partial charge < -0.3 is 20.6 Å². The number of benzene rings is 1. The van der Waals surface area contributed by atoms with Crippen LogP contribution in [0.4, 0.5) is 10.1 Å². The summed E-state index contributed by atoms with van der Waals surface area (Å²) >= 11 is 0. The highest BCUT2D eigenvalue weighted by Crippen LogP contribution is 2.28. The highest BCUT2D eigenvalue weighted by molar-refractivity contribution is 5.82. The van der Waals surface area contributed by atoms with E-state index in [4.69, 9.17) is 0 Å². The average Bonchev–Trinajstić information content (AvgIpc) is 3.11. The van der Waals surface area contributed by atoms with E-state index in [1.807, 2.05) is 30.3 Å². The third kappa shape index (κ3) is 3.88. The zero-order valence-electron chi connectivity index (χ0n) is 15.1. The van der Waals surface area contributed by atoms with Gasteiger partial charge in [-0.15, -0.1) is 0 Å². The Morgan fingerprint density at radius 3 is 2.67 bits per heavy atom. The van der Waals surface area contributed by atoms with Crippen molar-refractivity contribution in [2.75, 3.05) is 18.5 Å². The second-order valence-electron chi connectivity index (χ2n) is 7.03. The minimum Gasteiger partial charge on any atom is -0.382 e. The van der Waals surface area contributed by atoms with E-state index in [1.165, 1.54) is 0 Å². The molecular formula is C20H24FN5O. The fourth-order valence-electron chi connectivity index (χ4n) is 3.83. The number of imidazole rings is 1. The Balaban J connectivity index is 1.54. The first-order valence-corrected chi connectivity index (χ1v) is 9.47. The average molecular weight is 369 g/mol. The van der Waals surface area contributed by atoms with Gasteiger partial charge in [-0.25, -0.2) is 9.37 Å². The molecule has 1 aliphatic rings. The fourth-order valence-corrected chi connectivity index (χ4v) is 3.83. The summed E-state index contributed by atoms with van der Waals surface area (Å²) in [6, 6.07) is 10.3. The summed E-state index contributed by atoms with van der Waals surface area (Å²) in [5.74, 6) is 0.568. The van der Waals surface area contributed by atoms with Crippen molar-refractivity contribution in [2.45, 2.75) is 37.8 Å². The molecule has 3 aromatic rings. The van der Waals surface area contributed by atoms with E-state index in [2.05, 4.69) is 25.6 Å². The standard InChI is InChI=1S/C20H24FN5O/c21-10-12-22-13-5-7-14(8-6-13)24-17-9-11-23-20(27)18(17)19-25-15-3-1-2-4-16(15)26-19/h1-4,9,11,13-14,22H,5-8,10,12H2,(H,25,26)(H2,23,24,27). The van der Waals surface area contributed by atoms with Gasteiger partial charge >= 0.3 is 0 Å². The summed E-state index contributed by atoms with van der Waals surface area (Å²) < 4.78 is 12.3. The lowest BCUT2D eigenvalue weighted by Crippen LogP contribution is -2.38. The molecule has 0 aliphatic heterocycles. The molecule has 142 valence electrons. The second kappa shape index (κ2) is 7.92. The number of aromatic nitrogens is 3. The molecule has 0 atom stereocenters. The number of hydrogen-bond donors (Lipinski definition) is 4. The smallest absolute Gasteiger partial charge is 0.261 e.